The zero-order chi connectivity index (χ0) is 19.9. The number of amides is 2. The second-order valence-corrected chi connectivity index (χ2v) is 9.07. The van der Waals surface area contributed by atoms with Gasteiger partial charge in [0, 0.05) is 23.7 Å². The number of carbonyl (C=O) groups is 2. The summed E-state index contributed by atoms with van der Waals surface area (Å²) in [6.45, 7) is 6.09. The number of rotatable bonds is 2. The van der Waals surface area contributed by atoms with Gasteiger partial charge in [0.15, 0.2) is 0 Å². The minimum absolute atomic E-state index is 0.0340. The van der Waals surface area contributed by atoms with E-state index in [-0.39, 0.29) is 45.5 Å². The molecule has 0 aromatic heterocycles. The van der Waals surface area contributed by atoms with Crippen molar-refractivity contribution >= 4 is 35.2 Å². The monoisotopic (exact) mass is 414 g/mol. The van der Waals surface area contributed by atoms with E-state index in [1.54, 1.807) is 4.90 Å². The number of phenols is 1. The number of aromatic hydroxyl groups is 1. The molecular formula is C19H24Cl2N2O4. The highest BCUT2D eigenvalue weighted by Gasteiger charge is 2.44. The van der Waals surface area contributed by atoms with E-state index in [9.17, 15) is 14.7 Å². The molecule has 0 unspecified atom stereocenters. The fourth-order valence-electron chi connectivity index (χ4n) is 3.82. The highest BCUT2D eigenvalue weighted by Crippen LogP contribution is 2.37. The molecular weight excluding hydrogens is 391 g/mol. The SMILES string of the molecule is CC(C)(C)OC(=O)N1C[C@H]2CC[C@@H]1C[C@@H]2NC(=O)c1cc(Cl)cc(Cl)c1O. The van der Waals surface area contributed by atoms with Crippen LogP contribution in [0.4, 0.5) is 4.79 Å². The predicted molar refractivity (Wildman–Crippen MR) is 103 cm³/mol. The van der Waals surface area contributed by atoms with Gasteiger partial charge in [-0.25, -0.2) is 4.79 Å². The van der Waals surface area contributed by atoms with E-state index in [0.717, 1.165) is 12.8 Å². The minimum atomic E-state index is -0.537. The van der Waals surface area contributed by atoms with Crippen LogP contribution in [0.15, 0.2) is 12.1 Å². The number of piperidine rings is 2. The summed E-state index contributed by atoms with van der Waals surface area (Å²) in [5, 5.41) is 13.3. The number of phenolic OH excluding ortho intramolecular Hbond substituents is 1. The van der Waals surface area contributed by atoms with Crippen LogP contribution in [0.3, 0.4) is 0 Å². The maximum Gasteiger partial charge on any atom is 0.410 e. The molecule has 2 bridgehead atoms. The molecule has 1 aromatic rings. The summed E-state index contributed by atoms with van der Waals surface area (Å²) >= 11 is 11.8. The Hall–Kier alpha value is -1.66. The normalized spacial score (nSPS) is 24.6. The first-order valence-electron chi connectivity index (χ1n) is 9.03. The Bertz CT molecular complexity index is 763. The number of hydrogen-bond donors (Lipinski definition) is 2. The van der Waals surface area contributed by atoms with E-state index < -0.39 is 11.5 Å². The summed E-state index contributed by atoms with van der Waals surface area (Å²) in [7, 11) is 0. The first kappa shape index (κ1) is 20.1. The third-order valence-electron chi connectivity index (χ3n) is 5.06. The Morgan fingerprint density at radius 1 is 1.26 bits per heavy atom. The predicted octanol–water partition coefficient (Wildman–Crippen LogP) is 4.22. The lowest BCUT2D eigenvalue weighted by Crippen LogP contribution is -2.60. The van der Waals surface area contributed by atoms with E-state index in [1.165, 1.54) is 12.1 Å². The summed E-state index contributed by atoms with van der Waals surface area (Å²) in [6.07, 6.45) is 2.17. The van der Waals surface area contributed by atoms with Gasteiger partial charge in [-0.15, -0.1) is 0 Å². The molecule has 3 atom stereocenters. The second kappa shape index (κ2) is 7.40. The summed E-state index contributed by atoms with van der Waals surface area (Å²) < 4.78 is 5.49. The third-order valence-corrected chi connectivity index (χ3v) is 5.56. The zero-order valence-corrected chi connectivity index (χ0v) is 17.1. The average Bonchev–Trinajstić information content (AvgIpc) is 2.57. The van der Waals surface area contributed by atoms with E-state index in [4.69, 9.17) is 27.9 Å². The smallest absolute Gasteiger partial charge is 0.410 e. The van der Waals surface area contributed by atoms with Gasteiger partial charge in [-0.3, -0.25) is 4.79 Å². The fourth-order valence-corrected chi connectivity index (χ4v) is 4.31. The molecule has 2 aliphatic heterocycles. The number of fused-ring (bicyclic) bond motifs is 3. The van der Waals surface area contributed by atoms with Gasteiger partial charge in [0.05, 0.1) is 10.6 Å². The second-order valence-electron chi connectivity index (χ2n) is 8.22. The van der Waals surface area contributed by atoms with Crippen molar-refractivity contribution in [2.75, 3.05) is 6.54 Å². The van der Waals surface area contributed by atoms with Crippen LogP contribution in [0.1, 0.15) is 50.4 Å². The van der Waals surface area contributed by atoms with Crippen LogP contribution in [0, 0.1) is 5.92 Å². The topological polar surface area (TPSA) is 78.9 Å². The number of halogens is 2. The van der Waals surface area contributed by atoms with E-state index >= 15 is 0 Å². The van der Waals surface area contributed by atoms with Crippen LogP contribution in [0.2, 0.25) is 10.0 Å². The van der Waals surface area contributed by atoms with Crippen LogP contribution in [0.25, 0.3) is 0 Å². The summed E-state index contributed by atoms with van der Waals surface area (Å²) in [5.74, 6) is -0.559. The summed E-state index contributed by atoms with van der Waals surface area (Å²) in [5.41, 5.74) is -0.483. The van der Waals surface area contributed by atoms with E-state index in [2.05, 4.69) is 5.32 Å². The number of ether oxygens (including phenoxy) is 1. The van der Waals surface area contributed by atoms with Crippen molar-refractivity contribution < 1.29 is 19.4 Å². The van der Waals surface area contributed by atoms with Crippen molar-refractivity contribution in [1.29, 1.82) is 0 Å². The lowest BCUT2D eigenvalue weighted by atomic mass is 9.76. The van der Waals surface area contributed by atoms with Crippen molar-refractivity contribution in [3.63, 3.8) is 0 Å². The van der Waals surface area contributed by atoms with Crippen molar-refractivity contribution in [1.82, 2.24) is 10.2 Å². The number of nitrogens with zero attached hydrogens (tertiary/aromatic N) is 1. The van der Waals surface area contributed by atoms with E-state index in [0.29, 0.717) is 13.0 Å². The van der Waals surface area contributed by atoms with Crippen molar-refractivity contribution in [3.8, 4) is 5.75 Å². The Kier molecular flexibility index (Phi) is 5.50. The molecule has 4 rings (SSSR count). The van der Waals surface area contributed by atoms with Crippen LogP contribution >= 0.6 is 23.2 Å². The lowest BCUT2D eigenvalue weighted by Gasteiger charge is -2.49. The fraction of sp³-hybridized carbons (Fsp3) is 0.579. The van der Waals surface area contributed by atoms with Crippen molar-refractivity contribution in [2.24, 2.45) is 5.92 Å². The molecule has 2 saturated heterocycles. The molecule has 1 saturated carbocycles. The van der Waals surface area contributed by atoms with Gasteiger partial charge < -0.3 is 20.1 Å². The Balaban J connectivity index is 1.68. The lowest BCUT2D eigenvalue weighted by molar-refractivity contribution is -0.0202. The average molecular weight is 415 g/mol. The molecule has 27 heavy (non-hydrogen) atoms. The molecule has 0 spiro atoms. The van der Waals surface area contributed by atoms with Gasteiger partial charge in [0.2, 0.25) is 0 Å². The molecule has 148 valence electrons. The van der Waals surface area contributed by atoms with Gasteiger partial charge in [-0.1, -0.05) is 23.2 Å². The van der Waals surface area contributed by atoms with Gasteiger partial charge in [-0.2, -0.15) is 0 Å². The molecule has 1 aromatic carbocycles. The highest BCUT2D eigenvalue weighted by molar-refractivity contribution is 6.36. The van der Waals surface area contributed by atoms with E-state index in [1.807, 2.05) is 20.8 Å². The highest BCUT2D eigenvalue weighted by atomic mass is 35.5. The number of nitrogens with one attached hydrogen (secondary N) is 1. The Morgan fingerprint density at radius 3 is 2.56 bits per heavy atom. The van der Waals surface area contributed by atoms with Crippen LogP contribution in [-0.4, -0.2) is 46.2 Å². The summed E-state index contributed by atoms with van der Waals surface area (Å²) in [6, 6.07) is 2.74. The first-order chi connectivity index (χ1) is 12.5. The molecule has 1 aliphatic carbocycles. The van der Waals surface area contributed by atoms with Crippen LogP contribution in [0.5, 0.6) is 5.75 Å². The maximum absolute atomic E-state index is 12.6. The molecule has 0 radical (unpaired) electrons. The zero-order valence-electron chi connectivity index (χ0n) is 15.6. The van der Waals surface area contributed by atoms with Gasteiger partial charge in [0.1, 0.15) is 11.4 Å². The number of benzene rings is 1. The standard InChI is InChI=1S/C19H24Cl2N2O4/c1-19(2,3)27-18(26)23-9-10-4-5-12(23)8-15(10)22-17(25)13-6-11(20)7-14(21)16(13)24/h6-7,10,12,15,24H,4-5,8-9H2,1-3H3,(H,22,25)/t10-,12-,15+/m1/s1. The molecule has 6 nitrogen and oxygen atoms in total. The van der Waals surface area contributed by atoms with Crippen molar-refractivity contribution in [2.45, 2.75) is 57.7 Å². The molecule has 2 heterocycles. The third kappa shape index (κ3) is 4.43. The summed E-state index contributed by atoms with van der Waals surface area (Å²) in [4.78, 5) is 26.8. The van der Waals surface area contributed by atoms with Gasteiger partial charge >= 0.3 is 6.09 Å². The quantitative estimate of drug-likeness (QED) is 0.758. The van der Waals surface area contributed by atoms with Crippen LogP contribution < -0.4 is 5.32 Å². The largest absolute Gasteiger partial charge is 0.506 e. The maximum atomic E-state index is 12.6. The molecule has 3 fully saturated rings. The molecule has 2 amide bonds. The van der Waals surface area contributed by atoms with Crippen molar-refractivity contribution in [3.05, 3.63) is 27.7 Å². The first-order valence-corrected chi connectivity index (χ1v) is 9.79. The van der Waals surface area contributed by atoms with Gasteiger partial charge in [-0.05, 0) is 58.1 Å². The molecule has 8 heteroatoms. The van der Waals surface area contributed by atoms with Crippen LogP contribution in [-0.2, 0) is 4.74 Å². The minimum Gasteiger partial charge on any atom is -0.506 e. The molecule has 2 N–H and O–H groups in total. The van der Waals surface area contributed by atoms with Gasteiger partial charge in [0.25, 0.3) is 5.91 Å². The molecule has 3 aliphatic rings. The number of carbonyl (C=O) groups excluding carboxylic acids is 2. The number of hydrogen-bond acceptors (Lipinski definition) is 4. The Labute approximate surface area is 168 Å². The Morgan fingerprint density at radius 2 is 1.96 bits per heavy atom.